The molecule has 2 aromatic rings. The van der Waals surface area contributed by atoms with Crippen molar-refractivity contribution in [2.75, 3.05) is 24.7 Å². The molecule has 7 heteroatoms. The summed E-state index contributed by atoms with van der Waals surface area (Å²) in [6.07, 6.45) is 0.172. The Labute approximate surface area is 182 Å². The van der Waals surface area contributed by atoms with Gasteiger partial charge in [-0.3, -0.25) is 4.79 Å². The Kier molecular flexibility index (Phi) is 8.70. The lowest BCUT2D eigenvalue weighted by atomic mass is 10.0. The van der Waals surface area contributed by atoms with Crippen LogP contribution in [0.15, 0.2) is 42.5 Å². The molecule has 30 heavy (non-hydrogen) atoms. The molecule has 1 amide bonds. The number of carbonyl (C=O) groups excluding carboxylic acids is 2. The van der Waals surface area contributed by atoms with Crippen LogP contribution in [-0.2, 0) is 14.3 Å². The third-order valence-corrected chi connectivity index (χ3v) is 4.84. The van der Waals surface area contributed by atoms with Gasteiger partial charge in [-0.15, -0.1) is 0 Å². The molecule has 0 aliphatic rings. The number of benzene rings is 2. The molecular weight excluding hydrogens is 404 g/mol. The second-order valence-electron chi connectivity index (χ2n) is 7.03. The van der Waals surface area contributed by atoms with E-state index in [0.717, 1.165) is 11.1 Å². The van der Waals surface area contributed by atoms with Crippen LogP contribution in [0.2, 0.25) is 5.02 Å². The fourth-order valence-electron chi connectivity index (χ4n) is 2.81. The predicted octanol–water partition coefficient (Wildman–Crippen LogP) is 4.64. The van der Waals surface area contributed by atoms with Gasteiger partial charge in [0.2, 0.25) is 0 Å². The SMILES string of the molecule is Cc1cc(OCC(=O)OCC(=O)N(CCC#N)c2ccccc2)c(C(C)C)cc1Cl. The van der Waals surface area contributed by atoms with E-state index in [2.05, 4.69) is 0 Å². The Morgan fingerprint density at radius 2 is 1.87 bits per heavy atom. The molecule has 0 aliphatic heterocycles. The Bertz CT molecular complexity index is 923. The van der Waals surface area contributed by atoms with E-state index < -0.39 is 18.5 Å². The van der Waals surface area contributed by atoms with Gasteiger partial charge in [-0.1, -0.05) is 43.6 Å². The first kappa shape index (κ1) is 23.2. The smallest absolute Gasteiger partial charge is 0.344 e. The Hall–Kier alpha value is -3.04. The number of anilines is 1. The number of ether oxygens (including phenoxy) is 2. The van der Waals surface area contributed by atoms with E-state index in [1.165, 1.54) is 4.90 Å². The van der Waals surface area contributed by atoms with Gasteiger partial charge in [0, 0.05) is 17.3 Å². The van der Waals surface area contributed by atoms with Crippen molar-refractivity contribution in [3.63, 3.8) is 0 Å². The Balaban J connectivity index is 1.96. The summed E-state index contributed by atoms with van der Waals surface area (Å²) in [4.78, 5) is 26.1. The number of nitriles is 1. The Morgan fingerprint density at radius 1 is 1.17 bits per heavy atom. The first-order valence-corrected chi connectivity index (χ1v) is 10.0. The van der Waals surface area contributed by atoms with Crippen LogP contribution in [0.1, 0.15) is 37.3 Å². The minimum atomic E-state index is -0.654. The van der Waals surface area contributed by atoms with Crippen LogP contribution < -0.4 is 9.64 Å². The molecule has 0 fully saturated rings. The van der Waals surface area contributed by atoms with Crippen LogP contribution in [0.3, 0.4) is 0 Å². The van der Waals surface area contributed by atoms with Crippen molar-refractivity contribution in [2.45, 2.75) is 33.1 Å². The molecule has 2 aromatic carbocycles. The second-order valence-corrected chi connectivity index (χ2v) is 7.44. The number of rotatable bonds is 9. The maximum Gasteiger partial charge on any atom is 0.344 e. The molecule has 6 nitrogen and oxygen atoms in total. The molecule has 0 saturated heterocycles. The highest BCUT2D eigenvalue weighted by Gasteiger charge is 2.18. The monoisotopic (exact) mass is 428 g/mol. The lowest BCUT2D eigenvalue weighted by molar-refractivity contribution is -0.149. The summed E-state index contributed by atoms with van der Waals surface area (Å²) >= 11 is 6.18. The average Bonchev–Trinajstić information content (AvgIpc) is 2.73. The summed E-state index contributed by atoms with van der Waals surface area (Å²) in [6, 6.07) is 14.6. The molecule has 0 aliphatic carbocycles. The van der Waals surface area contributed by atoms with Gasteiger partial charge in [-0.05, 0) is 48.2 Å². The zero-order valence-corrected chi connectivity index (χ0v) is 18.1. The van der Waals surface area contributed by atoms with Gasteiger partial charge in [0.15, 0.2) is 13.2 Å². The van der Waals surface area contributed by atoms with Crippen molar-refractivity contribution in [3.05, 3.63) is 58.6 Å². The fraction of sp³-hybridized carbons (Fsp3) is 0.348. The normalized spacial score (nSPS) is 10.4. The topological polar surface area (TPSA) is 79.6 Å². The highest BCUT2D eigenvalue weighted by Crippen LogP contribution is 2.32. The average molecular weight is 429 g/mol. The van der Waals surface area contributed by atoms with Gasteiger partial charge in [0.25, 0.3) is 5.91 Å². The molecule has 2 rings (SSSR count). The molecule has 0 radical (unpaired) electrons. The number of nitrogens with zero attached hydrogens (tertiary/aromatic N) is 2. The van der Waals surface area contributed by atoms with Crippen molar-refractivity contribution < 1.29 is 19.1 Å². The fourth-order valence-corrected chi connectivity index (χ4v) is 2.98. The van der Waals surface area contributed by atoms with Crippen LogP contribution in [0.5, 0.6) is 5.75 Å². The summed E-state index contributed by atoms with van der Waals surface area (Å²) in [5.74, 6) is -0.334. The molecule has 0 saturated carbocycles. The van der Waals surface area contributed by atoms with Crippen molar-refractivity contribution >= 4 is 29.2 Å². The molecule has 0 spiro atoms. The highest BCUT2D eigenvalue weighted by atomic mass is 35.5. The molecule has 0 aromatic heterocycles. The molecule has 0 unspecified atom stereocenters. The van der Waals surface area contributed by atoms with Crippen LogP contribution in [0.4, 0.5) is 5.69 Å². The standard InChI is InChI=1S/C23H25ClN2O4/c1-16(2)19-13-20(24)17(3)12-21(19)29-15-23(28)30-14-22(27)26(11-7-10-25)18-8-5-4-6-9-18/h4-6,8-9,12-13,16H,7,11,14-15H2,1-3H3. The van der Waals surface area contributed by atoms with Crippen LogP contribution in [0.25, 0.3) is 0 Å². The van der Waals surface area contributed by atoms with E-state index >= 15 is 0 Å². The van der Waals surface area contributed by atoms with Crippen molar-refractivity contribution in [1.29, 1.82) is 5.26 Å². The molecule has 0 atom stereocenters. The van der Waals surface area contributed by atoms with Gasteiger partial charge in [-0.25, -0.2) is 4.79 Å². The number of hydrogen-bond acceptors (Lipinski definition) is 5. The van der Waals surface area contributed by atoms with Crippen molar-refractivity contribution in [3.8, 4) is 11.8 Å². The van der Waals surface area contributed by atoms with Crippen LogP contribution in [-0.4, -0.2) is 31.6 Å². The maximum absolute atomic E-state index is 12.5. The first-order valence-electron chi connectivity index (χ1n) is 9.64. The molecule has 158 valence electrons. The molecule has 0 N–H and O–H groups in total. The van der Waals surface area contributed by atoms with Crippen molar-refractivity contribution in [2.24, 2.45) is 0 Å². The zero-order chi connectivity index (χ0) is 22.1. The minimum Gasteiger partial charge on any atom is -0.482 e. The number of aryl methyl sites for hydroxylation is 1. The van der Waals surface area contributed by atoms with Crippen LogP contribution >= 0.6 is 11.6 Å². The predicted molar refractivity (Wildman–Crippen MR) is 116 cm³/mol. The van der Waals surface area contributed by atoms with E-state index in [-0.39, 0.29) is 25.5 Å². The number of para-hydroxylation sites is 1. The van der Waals surface area contributed by atoms with E-state index in [9.17, 15) is 9.59 Å². The van der Waals surface area contributed by atoms with E-state index in [1.807, 2.05) is 39.0 Å². The van der Waals surface area contributed by atoms with Gasteiger partial charge < -0.3 is 14.4 Å². The molecular formula is C23H25ClN2O4. The van der Waals surface area contributed by atoms with Crippen molar-refractivity contribution in [1.82, 2.24) is 0 Å². The summed E-state index contributed by atoms with van der Waals surface area (Å²) in [7, 11) is 0. The highest BCUT2D eigenvalue weighted by molar-refractivity contribution is 6.31. The van der Waals surface area contributed by atoms with Gasteiger partial charge in [0.05, 0.1) is 12.5 Å². The number of amides is 1. The minimum absolute atomic E-state index is 0.162. The summed E-state index contributed by atoms with van der Waals surface area (Å²) in [5.41, 5.74) is 2.38. The lowest BCUT2D eigenvalue weighted by Crippen LogP contribution is -2.36. The zero-order valence-electron chi connectivity index (χ0n) is 17.4. The number of carbonyl (C=O) groups is 2. The maximum atomic E-state index is 12.5. The Morgan fingerprint density at radius 3 is 2.50 bits per heavy atom. The second kappa shape index (κ2) is 11.2. The van der Waals surface area contributed by atoms with E-state index in [0.29, 0.717) is 16.5 Å². The third-order valence-electron chi connectivity index (χ3n) is 4.43. The lowest BCUT2D eigenvalue weighted by Gasteiger charge is -2.21. The quantitative estimate of drug-likeness (QED) is 0.543. The summed E-state index contributed by atoms with van der Waals surface area (Å²) in [5, 5.41) is 9.48. The van der Waals surface area contributed by atoms with Gasteiger partial charge >= 0.3 is 5.97 Å². The summed E-state index contributed by atoms with van der Waals surface area (Å²) < 4.78 is 10.7. The van der Waals surface area contributed by atoms with Gasteiger partial charge in [-0.2, -0.15) is 5.26 Å². The first-order chi connectivity index (χ1) is 14.3. The number of halogens is 1. The number of hydrogen-bond donors (Lipinski definition) is 0. The molecule has 0 bridgehead atoms. The molecule has 0 heterocycles. The largest absolute Gasteiger partial charge is 0.482 e. The van der Waals surface area contributed by atoms with Crippen LogP contribution in [0, 0.1) is 18.3 Å². The van der Waals surface area contributed by atoms with E-state index in [1.54, 1.807) is 30.3 Å². The summed E-state index contributed by atoms with van der Waals surface area (Å²) in [6.45, 7) is 5.33. The van der Waals surface area contributed by atoms with E-state index in [4.69, 9.17) is 26.3 Å². The van der Waals surface area contributed by atoms with Gasteiger partial charge in [0.1, 0.15) is 5.75 Å². The third kappa shape index (κ3) is 6.50. The number of esters is 1.